The van der Waals surface area contributed by atoms with Gasteiger partial charge in [-0.15, -0.1) is 0 Å². The molecule has 2 heterocycles. The summed E-state index contributed by atoms with van der Waals surface area (Å²) in [6.45, 7) is 1.28. The Hall–Kier alpha value is -2.96. The Morgan fingerprint density at radius 1 is 1.11 bits per heavy atom. The molecule has 142 valence electrons. The Bertz CT molecular complexity index is 855. The fourth-order valence-electron chi connectivity index (χ4n) is 3.21. The summed E-state index contributed by atoms with van der Waals surface area (Å²) in [5.41, 5.74) is 1.13. The Kier molecular flexibility index (Phi) is 6.01. The first-order chi connectivity index (χ1) is 13.0. The fraction of sp³-hybridized carbons (Fsp3) is 0.400. The number of carbonyl (C=O) groups is 2. The van der Waals surface area contributed by atoms with Crippen molar-refractivity contribution in [3.8, 4) is 0 Å². The molecule has 1 aliphatic heterocycles. The van der Waals surface area contributed by atoms with E-state index in [4.69, 9.17) is 0 Å². The van der Waals surface area contributed by atoms with Gasteiger partial charge in [0.05, 0.1) is 0 Å². The summed E-state index contributed by atoms with van der Waals surface area (Å²) in [5.74, 6) is -0.136. The molecule has 7 nitrogen and oxygen atoms in total. The van der Waals surface area contributed by atoms with Gasteiger partial charge in [0.15, 0.2) is 0 Å². The lowest BCUT2D eigenvalue weighted by atomic mass is 10.0. The van der Waals surface area contributed by atoms with Gasteiger partial charge in [-0.1, -0.05) is 30.3 Å². The molecule has 7 heteroatoms. The van der Waals surface area contributed by atoms with Gasteiger partial charge in [-0.2, -0.15) is 5.10 Å². The zero-order valence-electron chi connectivity index (χ0n) is 15.4. The Morgan fingerprint density at radius 2 is 1.81 bits per heavy atom. The summed E-state index contributed by atoms with van der Waals surface area (Å²) in [5, 5.41) is 6.91. The molecular weight excluding hydrogens is 344 g/mol. The molecule has 0 radical (unpaired) electrons. The van der Waals surface area contributed by atoms with Crippen LogP contribution in [0, 0.1) is 0 Å². The molecule has 0 spiro atoms. The van der Waals surface area contributed by atoms with Crippen LogP contribution in [0.5, 0.6) is 0 Å². The molecule has 0 atom stereocenters. The average Bonchev–Trinajstić information content (AvgIpc) is 2.69. The number of likely N-dealkylation sites (tertiary alicyclic amines) is 1. The molecule has 1 aliphatic rings. The third-order valence-electron chi connectivity index (χ3n) is 4.85. The predicted molar refractivity (Wildman–Crippen MR) is 101 cm³/mol. The van der Waals surface area contributed by atoms with E-state index >= 15 is 0 Å². The molecule has 0 saturated carbocycles. The van der Waals surface area contributed by atoms with Gasteiger partial charge in [-0.05, 0) is 30.9 Å². The molecule has 1 aromatic carbocycles. The van der Waals surface area contributed by atoms with Crippen LogP contribution in [0.15, 0.2) is 47.3 Å². The zero-order chi connectivity index (χ0) is 19.2. The molecule has 1 aromatic heterocycles. The van der Waals surface area contributed by atoms with Gasteiger partial charge < -0.3 is 10.2 Å². The minimum atomic E-state index is -0.292. The first-order valence-electron chi connectivity index (χ1n) is 9.20. The second kappa shape index (κ2) is 8.62. The van der Waals surface area contributed by atoms with Crippen molar-refractivity contribution in [2.24, 2.45) is 7.05 Å². The quantitative estimate of drug-likeness (QED) is 0.858. The van der Waals surface area contributed by atoms with Crippen LogP contribution in [0.1, 0.15) is 35.3 Å². The van der Waals surface area contributed by atoms with Crippen LogP contribution in [0.3, 0.4) is 0 Å². The van der Waals surface area contributed by atoms with Crippen molar-refractivity contribution >= 4 is 11.8 Å². The van der Waals surface area contributed by atoms with Crippen LogP contribution in [0.4, 0.5) is 0 Å². The molecule has 0 bridgehead atoms. The second-order valence-electron chi connectivity index (χ2n) is 6.79. The highest BCUT2D eigenvalue weighted by Gasteiger charge is 2.24. The summed E-state index contributed by atoms with van der Waals surface area (Å²) in [6.07, 6.45) is 2.68. The summed E-state index contributed by atoms with van der Waals surface area (Å²) in [7, 11) is 1.51. The van der Waals surface area contributed by atoms with E-state index in [9.17, 15) is 14.4 Å². The van der Waals surface area contributed by atoms with E-state index in [0.29, 0.717) is 32.4 Å². The van der Waals surface area contributed by atoms with Gasteiger partial charge in [0.1, 0.15) is 5.69 Å². The third-order valence-corrected chi connectivity index (χ3v) is 4.85. The predicted octanol–water partition coefficient (Wildman–Crippen LogP) is 1.13. The summed E-state index contributed by atoms with van der Waals surface area (Å²) >= 11 is 0. The number of aryl methyl sites for hydroxylation is 2. The van der Waals surface area contributed by atoms with Crippen LogP contribution < -0.4 is 10.9 Å². The number of hydrogen-bond acceptors (Lipinski definition) is 4. The van der Waals surface area contributed by atoms with E-state index in [0.717, 1.165) is 16.7 Å². The second-order valence-corrected chi connectivity index (χ2v) is 6.79. The molecular formula is C20H24N4O3. The summed E-state index contributed by atoms with van der Waals surface area (Å²) in [6, 6.07) is 12.8. The highest BCUT2D eigenvalue weighted by molar-refractivity contribution is 5.92. The summed E-state index contributed by atoms with van der Waals surface area (Å²) < 4.78 is 1.14. The fourth-order valence-corrected chi connectivity index (χ4v) is 3.21. The Labute approximate surface area is 158 Å². The van der Waals surface area contributed by atoms with Crippen molar-refractivity contribution < 1.29 is 9.59 Å². The van der Waals surface area contributed by atoms with Crippen molar-refractivity contribution in [2.75, 3.05) is 13.1 Å². The molecule has 1 fully saturated rings. The minimum Gasteiger partial charge on any atom is -0.348 e. The van der Waals surface area contributed by atoms with Crippen LogP contribution in [0.2, 0.25) is 0 Å². The number of carbonyl (C=O) groups excluding carboxylic acids is 2. The highest BCUT2D eigenvalue weighted by atomic mass is 16.2. The van der Waals surface area contributed by atoms with Crippen LogP contribution in [0.25, 0.3) is 0 Å². The van der Waals surface area contributed by atoms with E-state index in [1.165, 1.54) is 19.2 Å². The Balaban J connectivity index is 1.45. The first kappa shape index (κ1) is 18.8. The van der Waals surface area contributed by atoms with E-state index in [1.807, 2.05) is 35.2 Å². The third kappa shape index (κ3) is 5.03. The van der Waals surface area contributed by atoms with E-state index < -0.39 is 0 Å². The van der Waals surface area contributed by atoms with Gasteiger partial charge >= 0.3 is 0 Å². The standard InChI is InChI=1S/C20H24N4O3/c1-23-18(25)10-8-17(22-23)20(27)21-16-11-13-24(14-12-16)19(26)9-7-15-5-3-2-4-6-15/h2-6,8,10,16H,7,9,11-14H2,1H3,(H,21,27). The topological polar surface area (TPSA) is 84.3 Å². The zero-order valence-corrected chi connectivity index (χ0v) is 15.4. The lowest BCUT2D eigenvalue weighted by Gasteiger charge is -2.32. The van der Waals surface area contributed by atoms with Gasteiger partial charge in [0.25, 0.3) is 11.5 Å². The number of hydrogen-bond donors (Lipinski definition) is 1. The molecule has 1 N–H and O–H groups in total. The van der Waals surface area contributed by atoms with Gasteiger partial charge in [-0.25, -0.2) is 4.68 Å². The highest BCUT2D eigenvalue weighted by Crippen LogP contribution is 2.13. The van der Waals surface area contributed by atoms with Crippen LogP contribution in [-0.2, 0) is 18.3 Å². The van der Waals surface area contributed by atoms with E-state index in [1.54, 1.807) is 0 Å². The largest absolute Gasteiger partial charge is 0.348 e. The van der Waals surface area contributed by atoms with Gasteiger partial charge in [0.2, 0.25) is 5.91 Å². The van der Waals surface area contributed by atoms with Crippen LogP contribution in [-0.4, -0.2) is 45.6 Å². The maximum Gasteiger partial charge on any atom is 0.271 e. The van der Waals surface area contributed by atoms with Crippen molar-refractivity contribution in [1.82, 2.24) is 20.0 Å². The molecule has 2 amide bonds. The lowest BCUT2D eigenvalue weighted by Crippen LogP contribution is -2.46. The SMILES string of the molecule is Cn1nc(C(=O)NC2CCN(C(=O)CCc3ccccc3)CC2)ccc1=O. The molecule has 0 aliphatic carbocycles. The maximum absolute atomic E-state index is 12.4. The molecule has 27 heavy (non-hydrogen) atoms. The number of benzene rings is 1. The molecule has 0 unspecified atom stereocenters. The smallest absolute Gasteiger partial charge is 0.271 e. The van der Waals surface area contributed by atoms with Gasteiger partial charge in [0, 0.05) is 38.7 Å². The van der Waals surface area contributed by atoms with E-state index in [-0.39, 0.29) is 29.1 Å². The monoisotopic (exact) mass is 368 g/mol. The van der Waals surface area contributed by atoms with Crippen LogP contribution >= 0.6 is 0 Å². The number of nitrogens with zero attached hydrogens (tertiary/aromatic N) is 3. The number of amides is 2. The molecule has 1 saturated heterocycles. The van der Waals surface area contributed by atoms with Crippen molar-refractivity contribution in [2.45, 2.75) is 31.7 Å². The van der Waals surface area contributed by atoms with E-state index in [2.05, 4.69) is 10.4 Å². The average molecular weight is 368 g/mol. The number of aromatic nitrogens is 2. The first-order valence-corrected chi connectivity index (χ1v) is 9.20. The van der Waals surface area contributed by atoms with Gasteiger partial charge in [-0.3, -0.25) is 14.4 Å². The molecule has 3 rings (SSSR count). The Morgan fingerprint density at radius 3 is 2.48 bits per heavy atom. The van der Waals surface area contributed by atoms with Crippen molar-refractivity contribution in [1.29, 1.82) is 0 Å². The lowest BCUT2D eigenvalue weighted by molar-refractivity contribution is -0.132. The minimum absolute atomic E-state index is 0.00899. The summed E-state index contributed by atoms with van der Waals surface area (Å²) in [4.78, 5) is 37.9. The number of nitrogens with one attached hydrogen (secondary N) is 1. The number of rotatable bonds is 5. The normalized spacial score (nSPS) is 14.8. The maximum atomic E-state index is 12.4. The molecule has 2 aromatic rings. The van der Waals surface area contributed by atoms with Crippen molar-refractivity contribution in [3.63, 3.8) is 0 Å². The number of piperidine rings is 1. The van der Waals surface area contributed by atoms with Crippen molar-refractivity contribution in [3.05, 3.63) is 64.1 Å².